The Bertz CT molecular complexity index is 524. The summed E-state index contributed by atoms with van der Waals surface area (Å²) in [7, 11) is -3.13. The van der Waals surface area contributed by atoms with Gasteiger partial charge in [0.15, 0.2) is 9.84 Å². The van der Waals surface area contributed by atoms with Crippen molar-refractivity contribution in [1.29, 1.82) is 0 Å². The van der Waals surface area contributed by atoms with Crippen molar-refractivity contribution >= 4 is 9.84 Å². The monoisotopic (exact) mass is 273 g/mol. The average Bonchev–Trinajstić information content (AvgIpc) is 2.21. The summed E-state index contributed by atoms with van der Waals surface area (Å²) in [6.07, 6.45) is 1.21. The fourth-order valence-corrected chi connectivity index (χ4v) is 1.83. The molecular formula is C13H20FNO2S. The Labute approximate surface area is 108 Å². The fraction of sp³-hybridized carbons (Fsp3) is 0.538. The largest absolute Gasteiger partial charge is 0.311 e. The Kier molecular flexibility index (Phi) is 4.50. The van der Waals surface area contributed by atoms with Gasteiger partial charge in [-0.1, -0.05) is 17.7 Å². The number of hydrogen-bond acceptors (Lipinski definition) is 3. The molecule has 0 unspecified atom stereocenters. The molecule has 102 valence electrons. The number of rotatable bonds is 5. The van der Waals surface area contributed by atoms with Crippen molar-refractivity contribution in [3.05, 3.63) is 35.1 Å². The first kappa shape index (κ1) is 15.1. The van der Waals surface area contributed by atoms with Gasteiger partial charge in [-0.15, -0.1) is 0 Å². The van der Waals surface area contributed by atoms with E-state index in [4.69, 9.17) is 0 Å². The lowest BCUT2D eigenvalue weighted by Gasteiger charge is -2.23. The average molecular weight is 273 g/mol. The standard InChI is InChI=1S/C13H20FNO2S/c1-10-5-6-12(14)11(7-10)8-15-9-13(2,3)18(4,16)17/h5-7,15H,8-9H2,1-4H3. The number of hydrogen-bond donors (Lipinski definition) is 1. The Morgan fingerprint density at radius 1 is 1.33 bits per heavy atom. The van der Waals surface area contributed by atoms with Gasteiger partial charge in [0.25, 0.3) is 0 Å². The highest BCUT2D eigenvalue weighted by Crippen LogP contribution is 2.14. The number of aryl methyl sites for hydroxylation is 1. The molecule has 0 aliphatic carbocycles. The Morgan fingerprint density at radius 2 is 1.94 bits per heavy atom. The first-order valence-electron chi connectivity index (χ1n) is 5.79. The maximum Gasteiger partial charge on any atom is 0.153 e. The second kappa shape index (κ2) is 5.36. The van der Waals surface area contributed by atoms with Crippen LogP contribution in [-0.2, 0) is 16.4 Å². The molecule has 0 spiro atoms. The van der Waals surface area contributed by atoms with Crippen LogP contribution in [0, 0.1) is 12.7 Å². The highest BCUT2D eigenvalue weighted by Gasteiger charge is 2.29. The van der Waals surface area contributed by atoms with Crippen molar-refractivity contribution in [2.75, 3.05) is 12.8 Å². The molecule has 0 aliphatic rings. The Morgan fingerprint density at radius 3 is 2.50 bits per heavy atom. The summed E-state index contributed by atoms with van der Waals surface area (Å²) < 4.78 is 35.6. The number of halogens is 1. The van der Waals surface area contributed by atoms with Crippen molar-refractivity contribution < 1.29 is 12.8 Å². The van der Waals surface area contributed by atoms with Crippen LogP contribution in [0.3, 0.4) is 0 Å². The molecule has 0 radical (unpaired) electrons. The molecule has 18 heavy (non-hydrogen) atoms. The molecule has 0 heterocycles. The number of sulfone groups is 1. The van der Waals surface area contributed by atoms with E-state index in [1.54, 1.807) is 26.0 Å². The molecule has 0 bridgehead atoms. The number of benzene rings is 1. The molecule has 0 saturated carbocycles. The SMILES string of the molecule is Cc1ccc(F)c(CNCC(C)(C)S(C)(=O)=O)c1. The fourth-order valence-electron chi connectivity index (χ4n) is 1.47. The van der Waals surface area contributed by atoms with Crippen LogP contribution < -0.4 is 5.32 Å². The summed E-state index contributed by atoms with van der Waals surface area (Å²) in [5.74, 6) is -0.273. The van der Waals surface area contributed by atoms with Gasteiger partial charge in [0, 0.05) is 24.9 Å². The molecule has 3 nitrogen and oxygen atoms in total. The Hall–Kier alpha value is -0.940. The van der Waals surface area contributed by atoms with Crippen molar-refractivity contribution in [2.24, 2.45) is 0 Å². The third-order valence-corrected chi connectivity index (χ3v) is 5.22. The lowest BCUT2D eigenvalue weighted by atomic mass is 10.1. The van der Waals surface area contributed by atoms with Gasteiger partial charge in [0.1, 0.15) is 5.82 Å². The molecule has 0 atom stereocenters. The minimum absolute atomic E-state index is 0.273. The van der Waals surface area contributed by atoms with Gasteiger partial charge >= 0.3 is 0 Å². The van der Waals surface area contributed by atoms with Crippen LogP contribution >= 0.6 is 0 Å². The second-order valence-electron chi connectivity index (χ2n) is 5.23. The molecule has 0 aromatic heterocycles. The lowest BCUT2D eigenvalue weighted by Crippen LogP contribution is -2.41. The van der Waals surface area contributed by atoms with Gasteiger partial charge in [-0.25, -0.2) is 12.8 Å². The summed E-state index contributed by atoms with van der Waals surface area (Å²) >= 11 is 0. The highest BCUT2D eigenvalue weighted by atomic mass is 32.2. The van der Waals surface area contributed by atoms with E-state index in [2.05, 4.69) is 5.32 Å². The van der Waals surface area contributed by atoms with E-state index in [-0.39, 0.29) is 5.82 Å². The van der Waals surface area contributed by atoms with E-state index < -0.39 is 14.6 Å². The van der Waals surface area contributed by atoms with Gasteiger partial charge in [-0.2, -0.15) is 0 Å². The van der Waals surface area contributed by atoms with Crippen molar-refractivity contribution in [2.45, 2.75) is 32.1 Å². The van der Waals surface area contributed by atoms with Crippen molar-refractivity contribution in [1.82, 2.24) is 5.32 Å². The van der Waals surface area contributed by atoms with E-state index in [9.17, 15) is 12.8 Å². The molecule has 0 amide bonds. The van der Waals surface area contributed by atoms with Crippen LogP contribution in [0.2, 0.25) is 0 Å². The van der Waals surface area contributed by atoms with Gasteiger partial charge in [-0.3, -0.25) is 0 Å². The molecule has 1 aromatic rings. The third kappa shape index (κ3) is 3.78. The molecule has 5 heteroatoms. The highest BCUT2D eigenvalue weighted by molar-refractivity contribution is 7.92. The zero-order valence-corrected chi connectivity index (χ0v) is 12.1. The van der Waals surface area contributed by atoms with Crippen LogP contribution in [-0.4, -0.2) is 26.0 Å². The maximum absolute atomic E-state index is 13.5. The summed E-state index contributed by atoms with van der Waals surface area (Å²) in [6, 6.07) is 4.89. The first-order chi connectivity index (χ1) is 8.13. The van der Waals surface area contributed by atoms with Crippen LogP contribution in [0.1, 0.15) is 25.0 Å². The third-order valence-electron chi connectivity index (χ3n) is 3.07. The summed E-state index contributed by atoms with van der Waals surface area (Å²) in [6.45, 7) is 5.82. The molecule has 1 aromatic carbocycles. The summed E-state index contributed by atoms with van der Waals surface area (Å²) in [5, 5.41) is 3.00. The quantitative estimate of drug-likeness (QED) is 0.893. The maximum atomic E-state index is 13.5. The summed E-state index contributed by atoms with van der Waals surface area (Å²) in [5.41, 5.74) is 1.54. The van der Waals surface area contributed by atoms with Gasteiger partial charge < -0.3 is 5.32 Å². The predicted octanol–water partition coefficient (Wildman–Crippen LogP) is 2.05. The minimum Gasteiger partial charge on any atom is -0.311 e. The van der Waals surface area contributed by atoms with Crippen LogP contribution in [0.4, 0.5) is 4.39 Å². The van der Waals surface area contributed by atoms with E-state index in [1.807, 2.05) is 6.92 Å². The van der Waals surface area contributed by atoms with Gasteiger partial charge in [0.05, 0.1) is 4.75 Å². The zero-order chi connectivity index (χ0) is 14.0. The van der Waals surface area contributed by atoms with Gasteiger partial charge in [0.2, 0.25) is 0 Å². The molecular weight excluding hydrogens is 253 g/mol. The van der Waals surface area contributed by atoms with Crippen LogP contribution in [0.25, 0.3) is 0 Å². The Balaban J connectivity index is 2.65. The molecule has 0 fully saturated rings. The molecule has 1 rings (SSSR count). The summed E-state index contributed by atoms with van der Waals surface area (Å²) in [4.78, 5) is 0. The molecule has 0 aliphatic heterocycles. The second-order valence-corrected chi connectivity index (χ2v) is 7.88. The van der Waals surface area contributed by atoms with Gasteiger partial charge in [-0.05, 0) is 26.8 Å². The molecule has 1 N–H and O–H groups in total. The van der Waals surface area contributed by atoms with E-state index in [0.717, 1.165) is 5.56 Å². The van der Waals surface area contributed by atoms with Crippen molar-refractivity contribution in [3.8, 4) is 0 Å². The normalized spacial score (nSPS) is 12.7. The first-order valence-corrected chi connectivity index (χ1v) is 7.68. The van der Waals surface area contributed by atoms with E-state index in [1.165, 1.54) is 12.3 Å². The smallest absolute Gasteiger partial charge is 0.153 e. The molecule has 0 saturated heterocycles. The van der Waals surface area contributed by atoms with E-state index in [0.29, 0.717) is 18.7 Å². The predicted molar refractivity (Wildman–Crippen MR) is 71.8 cm³/mol. The number of nitrogens with one attached hydrogen (secondary N) is 1. The van der Waals surface area contributed by atoms with Crippen molar-refractivity contribution in [3.63, 3.8) is 0 Å². The topological polar surface area (TPSA) is 46.2 Å². The van der Waals surface area contributed by atoms with Crippen LogP contribution in [0.5, 0.6) is 0 Å². The van der Waals surface area contributed by atoms with Crippen LogP contribution in [0.15, 0.2) is 18.2 Å². The lowest BCUT2D eigenvalue weighted by molar-refractivity contribution is 0.515. The van der Waals surface area contributed by atoms with E-state index >= 15 is 0 Å². The minimum atomic E-state index is -3.13. The zero-order valence-electron chi connectivity index (χ0n) is 11.2.